The van der Waals surface area contributed by atoms with Crippen molar-refractivity contribution in [3.05, 3.63) is 131 Å². The van der Waals surface area contributed by atoms with Crippen LogP contribution >= 0.6 is 15.0 Å². The Kier molecular flexibility index (Phi) is 16.5. The van der Waals surface area contributed by atoms with Crippen LogP contribution in [0.25, 0.3) is 22.3 Å². The fourth-order valence-corrected chi connectivity index (χ4v) is 10.2. The number of ether oxygens (including phenoxy) is 4. The van der Waals surface area contributed by atoms with Gasteiger partial charge >= 0.3 is 15.0 Å². The lowest BCUT2D eigenvalue weighted by molar-refractivity contribution is -0.118. The van der Waals surface area contributed by atoms with E-state index in [-0.39, 0.29) is 49.9 Å². The second kappa shape index (κ2) is 22.9. The second-order valence-electron chi connectivity index (χ2n) is 16.2. The standard InChI is InChI=1S/C46H47FN10O12P2S/c1-28(2)42(58)54-45-53-41-38(43(59)55-45)51-27-57(41)44-39(69-70(60)61)37(47)35(68-44)24-67-71(72,65-21-8-19-48)66-22-20-56-36(52-34-23-49-26-50-40(34)56)25-64-46(29-9-6-5-7-10-29,30-11-15-32(62-3)16-12-30)31-13-17-33(63-4)18-14-31/h5-7,9-18,23,26-28,35,37,39,44H,8,20-22,24-25H2,1-4H3,(H2-,53,54,55,58,59,60,61)/p+1/t35-,37-,39-,44-,71?/m1/s1. The third kappa shape index (κ3) is 11.3. The first-order valence-electron chi connectivity index (χ1n) is 22.2. The molecule has 3 aromatic carbocycles. The predicted molar refractivity (Wildman–Crippen MR) is 260 cm³/mol. The van der Waals surface area contributed by atoms with E-state index in [2.05, 4.69) is 30.2 Å². The molecule has 8 rings (SSSR count). The monoisotopic (exact) mass is 1050 g/mol. The molecular weight excluding hydrogens is 998 g/mol. The van der Waals surface area contributed by atoms with Gasteiger partial charge in [0.25, 0.3) is 5.56 Å². The zero-order chi connectivity index (χ0) is 51.0. The number of hydrogen-bond donors (Lipinski definition) is 3. The van der Waals surface area contributed by atoms with Gasteiger partial charge in [-0.25, -0.2) is 24.3 Å². The van der Waals surface area contributed by atoms with Crippen molar-refractivity contribution in [1.82, 2.24) is 39.0 Å². The van der Waals surface area contributed by atoms with Crippen LogP contribution in [-0.4, -0.2) is 102 Å². The lowest BCUT2D eigenvalue weighted by atomic mass is 9.80. The molecule has 22 nitrogen and oxygen atoms in total. The summed E-state index contributed by atoms with van der Waals surface area (Å²) in [6.45, 7) is -1.58. The Labute approximate surface area is 416 Å². The molecule has 0 spiro atoms. The van der Waals surface area contributed by atoms with Crippen molar-refractivity contribution >= 4 is 61.0 Å². The molecule has 1 amide bonds. The molecule has 5 heterocycles. The van der Waals surface area contributed by atoms with Gasteiger partial charge < -0.3 is 37.1 Å². The number of nitrogens with zero attached hydrogens (tertiary/aromatic N) is 8. The molecule has 1 aliphatic heterocycles. The second-order valence-corrected chi connectivity index (χ2v) is 19.9. The molecule has 2 unspecified atom stereocenters. The van der Waals surface area contributed by atoms with Crippen LogP contribution in [0, 0.1) is 17.2 Å². The fraction of sp³-hybridized carbons (Fsp3) is 0.348. The Hall–Kier alpha value is -6.48. The van der Waals surface area contributed by atoms with Crippen LogP contribution in [0.2, 0.25) is 0 Å². The van der Waals surface area contributed by atoms with Crippen molar-refractivity contribution in [3.8, 4) is 17.6 Å². The number of hydrogen-bond acceptors (Lipinski definition) is 18. The number of H-pyrrole nitrogens is 1. The first-order chi connectivity index (χ1) is 34.8. The third-order valence-electron chi connectivity index (χ3n) is 11.5. The van der Waals surface area contributed by atoms with Crippen LogP contribution in [0.5, 0.6) is 11.5 Å². The minimum absolute atomic E-state index is 0.0611. The maximum atomic E-state index is 16.4. The number of benzene rings is 3. The van der Waals surface area contributed by atoms with Gasteiger partial charge in [-0.05, 0) is 52.8 Å². The number of anilines is 1. The number of halogens is 1. The van der Waals surface area contributed by atoms with Crippen LogP contribution in [0.4, 0.5) is 10.3 Å². The molecule has 0 bridgehead atoms. The molecule has 7 aromatic rings. The molecule has 0 aliphatic carbocycles. The van der Waals surface area contributed by atoms with Gasteiger partial charge in [0, 0.05) is 17.0 Å². The Morgan fingerprint density at radius 3 is 2.29 bits per heavy atom. The van der Waals surface area contributed by atoms with Gasteiger partial charge in [-0.3, -0.25) is 24.5 Å². The molecule has 0 radical (unpaired) electrons. The number of amides is 1. The molecule has 4 aromatic heterocycles. The number of rotatable bonds is 23. The topological polar surface area (TPSA) is 271 Å². The van der Waals surface area contributed by atoms with Crippen LogP contribution in [0.1, 0.15) is 49.0 Å². The summed E-state index contributed by atoms with van der Waals surface area (Å²) in [7, 11) is -0.199. The highest BCUT2D eigenvalue weighted by Gasteiger charge is 2.52. The van der Waals surface area contributed by atoms with Crippen LogP contribution < -0.4 is 20.3 Å². The number of methoxy groups -OCH3 is 2. The highest BCUT2D eigenvalue weighted by molar-refractivity contribution is 8.07. The van der Waals surface area contributed by atoms with Gasteiger partial charge in [-0.2, -0.15) is 10.2 Å². The number of carbonyl (C=O) groups excluding carboxylic acids is 1. The van der Waals surface area contributed by atoms with E-state index in [0.29, 0.717) is 28.5 Å². The van der Waals surface area contributed by atoms with Crippen molar-refractivity contribution in [2.75, 3.05) is 39.4 Å². The number of fused-ring (bicyclic) bond motifs is 2. The van der Waals surface area contributed by atoms with Crippen LogP contribution in [-0.2, 0) is 67.5 Å². The summed E-state index contributed by atoms with van der Waals surface area (Å²) in [6.07, 6.45) is -2.98. The van der Waals surface area contributed by atoms with Gasteiger partial charge in [-0.1, -0.05) is 68.4 Å². The van der Waals surface area contributed by atoms with E-state index in [0.717, 1.165) is 27.6 Å². The van der Waals surface area contributed by atoms with Gasteiger partial charge in [0.15, 0.2) is 35.3 Å². The van der Waals surface area contributed by atoms with E-state index < -0.39 is 69.2 Å². The minimum Gasteiger partial charge on any atom is -0.497 e. The Bertz CT molecular complexity index is 3130. The summed E-state index contributed by atoms with van der Waals surface area (Å²) in [6, 6.07) is 26.9. The lowest BCUT2D eigenvalue weighted by Crippen LogP contribution is -2.33. The number of nitrogens with one attached hydrogen (secondary N) is 2. The summed E-state index contributed by atoms with van der Waals surface area (Å²) in [5, 5.41) is 11.8. The normalized spacial score (nSPS) is 18.0. The SMILES string of the molecule is COc1ccc(C(OCc2nc3cncnc3n2CCOP(=S)(OCCC#N)OC[C@H]2O[C@@H](n3cnc4c(=O)[nH]c(NC(=O)C(C)C)nc43)[C@H](O[P+](=O)O)[C@@H]2F)(c2ccccc2)c2ccc(OC)cc2)cc1. The van der Waals surface area contributed by atoms with E-state index >= 15 is 4.39 Å². The highest BCUT2D eigenvalue weighted by Crippen LogP contribution is 2.51. The average Bonchev–Trinajstić information content (AvgIpc) is 4.06. The van der Waals surface area contributed by atoms with Crippen molar-refractivity contribution < 1.29 is 55.7 Å². The molecule has 72 heavy (non-hydrogen) atoms. The quantitative estimate of drug-likeness (QED) is 0.0349. The van der Waals surface area contributed by atoms with Gasteiger partial charge in [0.05, 0.1) is 59.1 Å². The zero-order valence-electron chi connectivity index (χ0n) is 39.1. The summed E-state index contributed by atoms with van der Waals surface area (Å²) in [5.74, 6) is 0.612. The molecule has 376 valence electrons. The number of nitriles is 1. The van der Waals surface area contributed by atoms with Gasteiger partial charge in [0.2, 0.25) is 11.9 Å². The smallest absolute Gasteiger partial charge is 0.497 e. The maximum Gasteiger partial charge on any atom is 0.695 e. The third-order valence-corrected chi connectivity index (χ3v) is 14.3. The summed E-state index contributed by atoms with van der Waals surface area (Å²) < 4.78 is 78.7. The minimum atomic E-state index is -3.85. The van der Waals surface area contributed by atoms with E-state index in [1.54, 1.807) is 38.8 Å². The number of aromatic nitrogens is 8. The zero-order valence-corrected chi connectivity index (χ0v) is 41.7. The van der Waals surface area contributed by atoms with Gasteiger partial charge in [0.1, 0.15) is 47.5 Å². The molecular formula is C46H48FN10O12P2S+. The van der Waals surface area contributed by atoms with E-state index in [1.807, 2.05) is 84.9 Å². The Balaban J connectivity index is 1.05. The number of imidazole rings is 2. The molecule has 1 fully saturated rings. The predicted octanol–water partition coefficient (Wildman–Crippen LogP) is 6.54. The molecule has 0 saturated carbocycles. The molecule has 6 atom stereocenters. The van der Waals surface area contributed by atoms with Crippen molar-refractivity contribution in [2.24, 2.45) is 5.92 Å². The first kappa shape index (κ1) is 51.9. The molecule has 26 heteroatoms. The molecule has 1 saturated heterocycles. The summed E-state index contributed by atoms with van der Waals surface area (Å²) in [4.78, 5) is 59.5. The molecule has 3 N–H and O–H groups in total. The van der Waals surface area contributed by atoms with Crippen molar-refractivity contribution in [2.45, 2.75) is 63.6 Å². The number of aromatic amines is 1. The summed E-state index contributed by atoms with van der Waals surface area (Å²) in [5.41, 5.74) is 1.03. The number of carbonyl (C=O) groups is 1. The first-order valence-corrected chi connectivity index (χ1v) is 25.9. The Morgan fingerprint density at radius 2 is 1.65 bits per heavy atom. The van der Waals surface area contributed by atoms with E-state index in [1.165, 1.54) is 6.33 Å². The number of alkyl halides is 1. The van der Waals surface area contributed by atoms with Gasteiger partial charge in [-0.15, -0.1) is 9.42 Å². The van der Waals surface area contributed by atoms with E-state index in [4.69, 9.17) is 53.8 Å². The van der Waals surface area contributed by atoms with E-state index in [9.17, 15) is 24.3 Å². The Morgan fingerprint density at radius 1 is 0.986 bits per heavy atom. The molecule has 1 aliphatic rings. The van der Waals surface area contributed by atoms with Crippen molar-refractivity contribution in [1.29, 1.82) is 5.26 Å². The highest BCUT2D eigenvalue weighted by atomic mass is 32.5. The summed E-state index contributed by atoms with van der Waals surface area (Å²) >= 11 is 5.81. The fourth-order valence-electron chi connectivity index (χ4n) is 7.94. The maximum absolute atomic E-state index is 16.4. The average molecular weight is 1050 g/mol. The van der Waals surface area contributed by atoms with Crippen molar-refractivity contribution in [3.63, 3.8) is 0 Å². The largest absolute Gasteiger partial charge is 0.695 e. The van der Waals surface area contributed by atoms with Crippen LogP contribution in [0.15, 0.2) is 103 Å². The van der Waals surface area contributed by atoms with Crippen LogP contribution in [0.3, 0.4) is 0 Å². The lowest BCUT2D eigenvalue weighted by Gasteiger charge is -2.36.